The molecule has 2 aromatic rings. The van der Waals surface area contributed by atoms with Gasteiger partial charge in [0.1, 0.15) is 4.60 Å². The molecule has 3 rings (SSSR count). The summed E-state index contributed by atoms with van der Waals surface area (Å²) < 4.78 is 2.95. The Hall–Kier alpha value is -0.620. The van der Waals surface area contributed by atoms with Crippen molar-refractivity contribution in [1.82, 2.24) is 19.7 Å². The summed E-state index contributed by atoms with van der Waals surface area (Å²) in [6.07, 6.45) is 10.2. The van der Waals surface area contributed by atoms with E-state index in [1.165, 1.54) is 32.1 Å². The second-order valence-corrected chi connectivity index (χ2v) is 6.15. The third kappa shape index (κ3) is 2.16. The van der Waals surface area contributed by atoms with E-state index in [1.54, 1.807) is 11.8 Å². The number of nitrogens with zero attached hydrogens (tertiary/aromatic N) is 4. The number of hydrogen-bond acceptors (Lipinski definition) is 4. The maximum atomic E-state index is 4.61. The Labute approximate surface area is 119 Å². The summed E-state index contributed by atoms with van der Waals surface area (Å²) in [5, 5.41) is 6.43. The molecule has 2 aromatic heterocycles. The fourth-order valence-corrected chi connectivity index (χ4v) is 3.34. The minimum Gasteiger partial charge on any atom is -0.243 e. The number of halogens is 1. The molecule has 0 radical (unpaired) electrons. The molecule has 1 aliphatic rings. The molecule has 1 fully saturated rings. The molecule has 0 N–H and O–H groups in total. The lowest BCUT2D eigenvalue weighted by molar-refractivity contribution is 0.334. The summed E-state index contributed by atoms with van der Waals surface area (Å²) >= 11 is 5.08. The van der Waals surface area contributed by atoms with Crippen LogP contribution in [-0.4, -0.2) is 26.0 Å². The van der Waals surface area contributed by atoms with E-state index in [4.69, 9.17) is 0 Å². The predicted octanol–water partition coefficient (Wildman–Crippen LogP) is 3.82. The summed E-state index contributed by atoms with van der Waals surface area (Å²) in [6.45, 7) is 0. The Morgan fingerprint density at radius 1 is 1.33 bits per heavy atom. The number of hydrogen-bond donors (Lipinski definition) is 0. The van der Waals surface area contributed by atoms with Gasteiger partial charge in [-0.25, -0.2) is 14.6 Å². The smallest absolute Gasteiger partial charge is 0.189 e. The predicted molar refractivity (Wildman–Crippen MR) is 76.9 cm³/mol. The summed E-state index contributed by atoms with van der Waals surface area (Å²) in [5.41, 5.74) is 0.966. The summed E-state index contributed by atoms with van der Waals surface area (Å²) in [7, 11) is 0. The van der Waals surface area contributed by atoms with Crippen LogP contribution in [0.1, 0.15) is 38.1 Å². The minimum atomic E-state index is 0.497. The fraction of sp³-hybridized carbons (Fsp3) is 0.583. The molecular weight excluding hydrogens is 312 g/mol. The number of aromatic nitrogens is 4. The van der Waals surface area contributed by atoms with Gasteiger partial charge in [-0.3, -0.25) is 0 Å². The van der Waals surface area contributed by atoms with Gasteiger partial charge in [0.2, 0.25) is 0 Å². The van der Waals surface area contributed by atoms with Gasteiger partial charge in [0.25, 0.3) is 0 Å². The van der Waals surface area contributed by atoms with E-state index >= 15 is 0 Å². The van der Waals surface area contributed by atoms with Gasteiger partial charge in [-0.2, -0.15) is 5.10 Å². The van der Waals surface area contributed by atoms with Gasteiger partial charge in [0.15, 0.2) is 10.8 Å². The van der Waals surface area contributed by atoms with Gasteiger partial charge in [0, 0.05) is 6.20 Å². The topological polar surface area (TPSA) is 43.6 Å². The van der Waals surface area contributed by atoms with Crippen molar-refractivity contribution >= 4 is 38.7 Å². The highest BCUT2D eigenvalue weighted by molar-refractivity contribution is 9.10. The van der Waals surface area contributed by atoms with Crippen LogP contribution in [0.25, 0.3) is 11.0 Å². The molecule has 0 aromatic carbocycles. The third-order valence-corrected chi connectivity index (χ3v) is 4.63. The van der Waals surface area contributed by atoms with Crippen molar-refractivity contribution in [3.63, 3.8) is 0 Å². The Bertz CT molecular complexity index is 562. The van der Waals surface area contributed by atoms with Crippen LogP contribution in [0.5, 0.6) is 0 Å². The number of fused-ring (bicyclic) bond motifs is 1. The molecule has 0 bridgehead atoms. The van der Waals surface area contributed by atoms with Crippen LogP contribution < -0.4 is 0 Å². The van der Waals surface area contributed by atoms with Crippen molar-refractivity contribution in [3.8, 4) is 0 Å². The molecule has 0 aliphatic heterocycles. The standard InChI is InChI=1S/C12H15BrN4S/c1-18-12-14-7-9-10(13)16-17(11(9)15-12)8-5-3-2-4-6-8/h7-8H,2-6H2,1H3. The molecule has 96 valence electrons. The Balaban J connectivity index is 2.09. The average Bonchev–Trinajstić information content (AvgIpc) is 2.76. The van der Waals surface area contributed by atoms with Crippen molar-refractivity contribution < 1.29 is 0 Å². The van der Waals surface area contributed by atoms with Gasteiger partial charge in [-0.15, -0.1) is 0 Å². The summed E-state index contributed by atoms with van der Waals surface area (Å²) in [4.78, 5) is 8.93. The van der Waals surface area contributed by atoms with E-state index in [9.17, 15) is 0 Å². The van der Waals surface area contributed by atoms with Gasteiger partial charge in [-0.05, 0) is 35.0 Å². The second-order valence-electron chi connectivity index (χ2n) is 4.62. The first kappa shape index (κ1) is 12.4. The first-order chi connectivity index (χ1) is 8.79. The van der Waals surface area contributed by atoms with Gasteiger partial charge in [0.05, 0.1) is 11.4 Å². The Morgan fingerprint density at radius 3 is 2.83 bits per heavy atom. The largest absolute Gasteiger partial charge is 0.243 e. The van der Waals surface area contributed by atoms with E-state index < -0.39 is 0 Å². The lowest BCUT2D eigenvalue weighted by Crippen LogP contribution is -2.14. The lowest BCUT2D eigenvalue weighted by atomic mass is 9.96. The van der Waals surface area contributed by atoms with Gasteiger partial charge in [-0.1, -0.05) is 31.0 Å². The van der Waals surface area contributed by atoms with Crippen LogP contribution in [0.3, 0.4) is 0 Å². The van der Waals surface area contributed by atoms with Crippen LogP contribution in [0.15, 0.2) is 16.0 Å². The molecule has 6 heteroatoms. The van der Waals surface area contributed by atoms with E-state index in [0.717, 1.165) is 20.8 Å². The van der Waals surface area contributed by atoms with Crippen LogP contribution in [0.2, 0.25) is 0 Å². The molecule has 18 heavy (non-hydrogen) atoms. The van der Waals surface area contributed by atoms with E-state index in [0.29, 0.717) is 6.04 Å². The zero-order valence-electron chi connectivity index (χ0n) is 10.3. The number of rotatable bonds is 2. The maximum Gasteiger partial charge on any atom is 0.189 e. The molecule has 0 unspecified atom stereocenters. The van der Waals surface area contributed by atoms with Crippen LogP contribution in [0, 0.1) is 0 Å². The van der Waals surface area contributed by atoms with Crippen molar-refractivity contribution in [3.05, 3.63) is 10.8 Å². The lowest BCUT2D eigenvalue weighted by Gasteiger charge is -2.22. The SMILES string of the molecule is CSc1ncc2c(Br)nn(C3CCCCC3)c2n1. The maximum absolute atomic E-state index is 4.61. The van der Waals surface area contributed by atoms with E-state index in [1.807, 2.05) is 12.5 Å². The van der Waals surface area contributed by atoms with Crippen molar-refractivity contribution in [2.24, 2.45) is 0 Å². The molecule has 0 atom stereocenters. The highest BCUT2D eigenvalue weighted by atomic mass is 79.9. The minimum absolute atomic E-state index is 0.497. The molecule has 1 saturated carbocycles. The number of thioether (sulfide) groups is 1. The van der Waals surface area contributed by atoms with Crippen molar-refractivity contribution in [2.45, 2.75) is 43.3 Å². The second kappa shape index (κ2) is 5.17. The highest BCUT2D eigenvalue weighted by Crippen LogP contribution is 2.32. The molecule has 0 saturated heterocycles. The van der Waals surface area contributed by atoms with Crippen molar-refractivity contribution in [1.29, 1.82) is 0 Å². The Kier molecular flexibility index (Phi) is 3.56. The average molecular weight is 327 g/mol. The zero-order chi connectivity index (χ0) is 12.5. The molecule has 0 amide bonds. The molecule has 4 nitrogen and oxygen atoms in total. The molecule has 2 heterocycles. The Morgan fingerprint density at radius 2 is 2.11 bits per heavy atom. The fourth-order valence-electron chi connectivity index (χ4n) is 2.55. The molecular formula is C12H15BrN4S. The third-order valence-electron chi connectivity index (χ3n) is 3.48. The van der Waals surface area contributed by atoms with Crippen LogP contribution in [0.4, 0.5) is 0 Å². The monoisotopic (exact) mass is 326 g/mol. The van der Waals surface area contributed by atoms with Crippen LogP contribution >= 0.6 is 27.7 Å². The molecule has 1 aliphatic carbocycles. The van der Waals surface area contributed by atoms with E-state index in [2.05, 4.69) is 35.7 Å². The zero-order valence-corrected chi connectivity index (χ0v) is 12.7. The summed E-state index contributed by atoms with van der Waals surface area (Å²) in [6, 6.07) is 0.497. The van der Waals surface area contributed by atoms with Crippen molar-refractivity contribution in [2.75, 3.05) is 6.26 Å². The van der Waals surface area contributed by atoms with Gasteiger partial charge >= 0.3 is 0 Å². The van der Waals surface area contributed by atoms with E-state index in [-0.39, 0.29) is 0 Å². The first-order valence-corrected chi connectivity index (χ1v) is 8.26. The van der Waals surface area contributed by atoms with Crippen LogP contribution in [-0.2, 0) is 0 Å². The van der Waals surface area contributed by atoms with Gasteiger partial charge < -0.3 is 0 Å². The first-order valence-electron chi connectivity index (χ1n) is 6.24. The summed E-state index contributed by atoms with van der Waals surface area (Å²) in [5.74, 6) is 0. The highest BCUT2D eigenvalue weighted by Gasteiger charge is 2.21. The molecule has 0 spiro atoms. The quantitative estimate of drug-likeness (QED) is 0.621. The normalized spacial score (nSPS) is 17.4.